The fourth-order valence-corrected chi connectivity index (χ4v) is 1.16. The molecule has 0 radical (unpaired) electrons. The third kappa shape index (κ3) is 1.72. The normalized spacial score (nSPS) is 10.4. The maximum absolute atomic E-state index is 4.29. The highest BCUT2D eigenvalue weighted by Gasteiger charge is 2.05. The number of hydrogen-bond donors (Lipinski definition) is 1. The Hall–Kier alpha value is -1.12. The van der Waals surface area contributed by atoms with Crippen molar-refractivity contribution in [3.05, 3.63) is 17.5 Å². The average Bonchev–Trinajstić information content (AvgIpc) is 2.03. The molecule has 0 saturated carbocycles. The molecule has 0 aromatic carbocycles. The fourth-order valence-electron chi connectivity index (χ4n) is 1.16. The van der Waals surface area contributed by atoms with Gasteiger partial charge in [-0.05, 0) is 18.4 Å². The van der Waals surface area contributed by atoms with Crippen LogP contribution in [0.4, 0.5) is 5.95 Å². The monoisotopic (exact) mass is 165 g/mol. The molecule has 0 unspecified atom stereocenters. The highest BCUT2D eigenvalue weighted by Crippen LogP contribution is 2.16. The summed E-state index contributed by atoms with van der Waals surface area (Å²) >= 11 is 0. The summed E-state index contributed by atoms with van der Waals surface area (Å²) in [6, 6.07) is 0. The molecule has 12 heavy (non-hydrogen) atoms. The summed E-state index contributed by atoms with van der Waals surface area (Å²) in [6.07, 6.45) is 1.89. The molecule has 0 amide bonds. The van der Waals surface area contributed by atoms with Gasteiger partial charge in [-0.15, -0.1) is 0 Å². The maximum atomic E-state index is 4.29. The quantitative estimate of drug-likeness (QED) is 0.727. The molecule has 0 bridgehead atoms. The Morgan fingerprint density at radius 2 is 2.08 bits per heavy atom. The van der Waals surface area contributed by atoms with E-state index in [0.29, 0.717) is 11.9 Å². The van der Waals surface area contributed by atoms with Crippen LogP contribution in [0.25, 0.3) is 0 Å². The topological polar surface area (TPSA) is 37.8 Å². The molecule has 3 heteroatoms. The first-order chi connectivity index (χ1) is 5.65. The second-order valence-corrected chi connectivity index (χ2v) is 3.14. The molecule has 0 aliphatic carbocycles. The highest BCUT2D eigenvalue weighted by molar-refractivity contribution is 5.29. The van der Waals surface area contributed by atoms with Gasteiger partial charge in [0.05, 0.1) is 0 Å². The molecule has 1 N–H and O–H groups in total. The van der Waals surface area contributed by atoms with E-state index in [1.165, 1.54) is 5.56 Å². The van der Waals surface area contributed by atoms with Crippen molar-refractivity contribution in [2.45, 2.75) is 26.7 Å². The summed E-state index contributed by atoms with van der Waals surface area (Å²) in [7, 11) is 1.82. The van der Waals surface area contributed by atoms with E-state index in [2.05, 4.69) is 29.1 Å². The highest BCUT2D eigenvalue weighted by atomic mass is 15.1. The molecule has 1 aromatic rings. The van der Waals surface area contributed by atoms with Crippen LogP contribution in [-0.2, 0) is 0 Å². The van der Waals surface area contributed by atoms with Gasteiger partial charge in [-0.3, -0.25) is 0 Å². The van der Waals surface area contributed by atoms with E-state index in [1.54, 1.807) is 0 Å². The zero-order valence-corrected chi connectivity index (χ0v) is 8.05. The van der Waals surface area contributed by atoms with Gasteiger partial charge in [-0.1, -0.05) is 13.8 Å². The summed E-state index contributed by atoms with van der Waals surface area (Å²) in [6.45, 7) is 6.30. The Morgan fingerprint density at radius 1 is 1.42 bits per heavy atom. The molecule has 0 aliphatic rings. The number of anilines is 1. The van der Waals surface area contributed by atoms with Crippen LogP contribution in [0.15, 0.2) is 6.20 Å². The summed E-state index contributed by atoms with van der Waals surface area (Å²) < 4.78 is 0. The van der Waals surface area contributed by atoms with Gasteiger partial charge in [-0.25, -0.2) is 9.97 Å². The summed E-state index contributed by atoms with van der Waals surface area (Å²) in [5, 5.41) is 2.91. The third-order valence-electron chi connectivity index (χ3n) is 1.86. The van der Waals surface area contributed by atoms with Crippen LogP contribution in [0, 0.1) is 6.92 Å². The van der Waals surface area contributed by atoms with E-state index in [9.17, 15) is 0 Å². The van der Waals surface area contributed by atoms with Crippen LogP contribution in [-0.4, -0.2) is 17.0 Å². The Bertz CT molecular complexity index is 268. The van der Waals surface area contributed by atoms with Crippen LogP contribution in [0.2, 0.25) is 0 Å². The number of hydrogen-bond acceptors (Lipinski definition) is 3. The average molecular weight is 165 g/mol. The smallest absolute Gasteiger partial charge is 0.222 e. The Balaban J connectivity index is 3.03. The predicted octanol–water partition coefficient (Wildman–Crippen LogP) is 1.95. The zero-order chi connectivity index (χ0) is 9.14. The van der Waals surface area contributed by atoms with Gasteiger partial charge in [-0.2, -0.15) is 0 Å². The second kappa shape index (κ2) is 3.52. The lowest BCUT2D eigenvalue weighted by molar-refractivity contribution is 0.830. The molecule has 66 valence electrons. The number of rotatable bonds is 2. The van der Waals surface area contributed by atoms with Crippen molar-refractivity contribution in [1.29, 1.82) is 0 Å². The van der Waals surface area contributed by atoms with E-state index in [1.807, 2.05) is 20.2 Å². The molecule has 0 fully saturated rings. The largest absolute Gasteiger partial charge is 0.357 e. The molecule has 1 heterocycles. The van der Waals surface area contributed by atoms with Gasteiger partial charge in [0, 0.05) is 18.9 Å². The minimum Gasteiger partial charge on any atom is -0.357 e. The SMILES string of the molecule is CNc1ncc(C(C)C)c(C)n1. The molecule has 0 spiro atoms. The van der Waals surface area contributed by atoms with Gasteiger partial charge in [0.15, 0.2) is 0 Å². The molecular weight excluding hydrogens is 150 g/mol. The van der Waals surface area contributed by atoms with Gasteiger partial charge >= 0.3 is 0 Å². The third-order valence-corrected chi connectivity index (χ3v) is 1.86. The van der Waals surface area contributed by atoms with Crippen molar-refractivity contribution in [3.63, 3.8) is 0 Å². The molecule has 3 nitrogen and oxygen atoms in total. The van der Waals surface area contributed by atoms with Crippen molar-refractivity contribution in [2.75, 3.05) is 12.4 Å². The summed E-state index contributed by atoms with van der Waals surface area (Å²) in [4.78, 5) is 8.45. The Labute approximate surface area is 73.2 Å². The Kier molecular flexibility index (Phi) is 2.63. The first-order valence-corrected chi connectivity index (χ1v) is 4.16. The van der Waals surface area contributed by atoms with E-state index in [0.717, 1.165) is 5.69 Å². The van der Waals surface area contributed by atoms with Crippen molar-refractivity contribution >= 4 is 5.95 Å². The molecular formula is C9H15N3. The Morgan fingerprint density at radius 3 is 2.50 bits per heavy atom. The molecule has 0 aliphatic heterocycles. The zero-order valence-electron chi connectivity index (χ0n) is 8.05. The molecule has 0 saturated heterocycles. The van der Waals surface area contributed by atoms with E-state index in [-0.39, 0.29) is 0 Å². The number of aryl methyl sites for hydroxylation is 1. The summed E-state index contributed by atoms with van der Waals surface area (Å²) in [5.41, 5.74) is 2.28. The van der Waals surface area contributed by atoms with Gasteiger partial charge < -0.3 is 5.32 Å². The number of nitrogens with one attached hydrogen (secondary N) is 1. The molecule has 1 rings (SSSR count). The van der Waals surface area contributed by atoms with Crippen molar-refractivity contribution < 1.29 is 0 Å². The summed E-state index contributed by atoms with van der Waals surface area (Å²) in [5.74, 6) is 1.19. The predicted molar refractivity (Wildman–Crippen MR) is 50.4 cm³/mol. The second-order valence-electron chi connectivity index (χ2n) is 3.14. The molecule has 0 atom stereocenters. The lowest BCUT2D eigenvalue weighted by atomic mass is 10.0. The van der Waals surface area contributed by atoms with Gasteiger partial charge in [0.1, 0.15) is 0 Å². The first-order valence-electron chi connectivity index (χ1n) is 4.16. The minimum absolute atomic E-state index is 0.496. The lowest BCUT2D eigenvalue weighted by Crippen LogP contribution is -2.02. The fraction of sp³-hybridized carbons (Fsp3) is 0.556. The van der Waals surface area contributed by atoms with Crippen LogP contribution in [0.5, 0.6) is 0 Å². The lowest BCUT2D eigenvalue weighted by Gasteiger charge is -2.08. The van der Waals surface area contributed by atoms with Crippen LogP contribution < -0.4 is 5.32 Å². The van der Waals surface area contributed by atoms with E-state index in [4.69, 9.17) is 0 Å². The van der Waals surface area contributed by atoms with Crippen molar-refractivity contribution in [1.82, 2.24) is 9.97 Å². The van der Waals surface area contributed by atoms with Crippen LogP contribution in [0.1, 0.15) is 31.0 Å². The van der Waals surface area contributed by atoms with Crippen LogP contribution >= 0.6 is 0 Å². The van der Waals surface area contributed by atoms with Gasteiger partial charge in [0.25, 0.3) is 0 Å². The van der Waals surface area contributed by atoms with E-state index >= 15 is 0 Å². The van der Waals surface area contributed by atoms with Crippen molar-refractivity contribution in [2.24, 2.45) is 0 Å². The minimum atomic E-state index is 0.496. The standard InChI is InChI=1S/C9H15N3/c1-6(2)8-5-11-9(10-4)12-7(8)3/h5-6H,1-4H3,(H,10,11,12). The molecule has 1 aromatic heterocycles. The first kappa shape index (κ1) is 8.97. The van der Waals surface area contributed by atoms with Crippen LogP contribution in [0.3, 0.4) is 0 Å². The van der Waals surface area contributed by atoms with Gasteiger partial charge in [0.2, 0.25) is 5.95 Å². The maximum Gasteiger partial charge on any atom is 0.222 e. The number of nitrogens with zero attached hydrogens (tertiary/aromatic N) is 2. The van der Waals surface area contributed by atoms with E-state index < -0.39 is 0 Å². The number of aromatic nitrogens is 2. The van der Waals surface area contributed by atoms with Crippen molar-refractivity contribution in [3.8, 4) is 0 Å².